The minimum absolute atomic E-state index is 0.103. The molecule has 0 aromatic heterocycles. The maximum Gasteiger partial charge on any atom is 0.248 e. The lowest BCUT2D eigenvalue weighted by Crippen LogP contribution is -2.54. The Kier molecular flexibility index (Phi) is 4.85. The van der Waals surface area contributed by atoms with Gasteiger partial charge in [0.15, 0.2) is 0 Å². The van der Waals surface area contributed by atoms with E-state index in [0.29, 0.717) is 24.3 Å². The standard InChI is InChI=1S/C28H37N3O/c1-20(2)24-6-3-4-7-25(24)26-8-5-15-31(26)23-18-28(19-23)13-16-30(17-14-28)22-11-9-21(10-12-22)27(29)32/h3-4,6-7,9-12,20,23,26H,5,8,13-19H2,1-2H3,(H2,29,32)/i15D2,26D. The normalized spacial score (nSPS) is 28.8. The summed E-state index contributed by atoms with van der Waals surface area (Å²) >= 11 is 0. The van der Waals surface area contributed by atoms with Crippen molar-refractivity contribution in [2.75, 3.05) is 24.5 Å². The Balaban J connectivity index is 1.30. The van der Waals surface area contributed by atoms with Gasteiger partial charge in [-0.25, -0.2) is 0 Å². The quantitative estimate of drug-likeness (QED) is 0.676. The van der Waals surface area contributed by atoms with Gasteiger partial charge in [0.1, 0.15) is 0 Å². The second-order valence-electron chi connectivity index (χ2n) is 10.2. The summed E-state index contributed by atoms with van der Waals surface area (Å²) in [6, 6.07) is 14.8. The fourth-order valence-electron chi connectivity index (χ4n) is 5.99. The Morgan fingerprint density at radius 3 is 2.47 bits per heavy atom. The molecule has 0 radical (unpaired) electrons. The molecule has 2 N–H and O–H groups in total. The number of carbonyl (C=O) groups is 1. The van der Waals surface area contributed by atoms with Crippen LogP contribution < -0.4 is 10.6 Å². The van der Waals surface area contributed by atoms with Crippen LogP contribution in [0.15, 0.2) is 48.5 Å². The summed E-state index contributed by atoms with van der Waals surface area (Å²) in [5.74, 6) is -0.103. The van der Waals surface area contributed by atoms with Crippen molar-refractivity contribution in [2.24, 2.45) is 11.1 Å². The largest absolute Gasteiger partial charge is 0.371 e. The van der Waals surface area contributed by atoms with E-state index in [0.717, 1.165) is 55.6 Å². The monoisotopic (exact) mass is 434 g/mol. The van der Waals surface area contributed by atoms with Crippen LogP contribution in [-0.4, -0.2) is 36.4 Å². The number of rotatable bonds is 5. The SMILES string of the molecule is [2H]C1([2H])CCC([2H])(c2ccccc2C(C)C)N1C1CC2(CCN(c3ccc(C(N)=O)cc3)CC2)C1. The lowest BCUT2D eigenvalue weighted by molar-refractivity contribution is -0.0227. The average Bonchev–Trinajstić information content (AvgIpc) is 3.07. The zero-order valence-electron chi connectivity index (χ0n) is 22.3. The Hall–Kier alpha value is -2.33. The van der Waals surface area contributed by atoms with Crippen LogP contribution >= 0.6 is 0 Å². The molecular weight excluding hydrogens is 394 g/mol. The van der Waals surface area contributed by atoms with Gasteiger partial charge < -0.3 is 10.6 Å². The minimum Gasteiger partial charge on any atom is -0.371 e. The summed E-state index contributed by atoms with van der Waals surface area (Å²) in [6.07, 6.45) is 5.01. The molecule has 2 saturated heterocycles. The molecule has 4 heteroatoms. The van der Waals surface area contributed by atoms with E-state index in [2.05, 4.69) is 24.8 Å². The van der Waals surface area contributed by atoms with Crippen molar-refractivity contribution in [3.63, 3.8) is 0 Å². The van der Waals surface area contributed by atoms with Gasteiger partial charge in [-0.3, -0.25) is 9.69 Å². The van der Waals surface area contributed by atoms with Crippen LogP contribution in [0.4, 0.5) is 5.69 Å². The molecule has 1 saturated carbocycles. The minimum atomic E-state index is -1.46. The van der Waals surface area contributed by atoms with Gasteiger partial charge in [0.05, 0.1) is 1.37 Å². The zero-order valence-corrected chi connectivity index (χ0v) is 19.3. The molecule has 170 valence electrons. The summed E-state index contributed by atoms with van der Waals surface area (Å²) in [7, 11) is 0. The third-order valence-electron chi connectivity index (χ3n) is 7.87. The first-order chi connectivity index (χ1) is 16.5. The number of amides is 1. The molecule has 2 aromatic carbocycles. The summed E-state index contributed by atoms with van der Waals surface area (Å²) in [4.78, 5) is 15.7. The lowest BCUT2D eigenvalue weighted by Gasteiger charge is -2.56. The lowest BCUT2D eigenvalue weighted by atomic mass is 9.59. The van der Waals surface area contributed by atoms with Gasteiger partial charge in [0, 0.05) is 39.1 Å². The number of carbonyl (C=O) groups excluding carboxylic acids is 1. The molecule has 2 aromatic rings. The predicted octanol–water partition coefficient (Wildman–Crippen LogP) is 5.50. The Morgan fingerprint density at radius 2 is 1.81 bits per heavy atom. The topological polar surface area (TPSA) is 49.6 Å². The Bertz CT molecular complexity index is 1090. The van der Waals surface area contributed by atoms with Crippen molar-refractivity contribution in [3.05, 3.63) is 65.2 Å². The summed E-state index contributed by atoms with van der Waals surface area (Å²) in [5.41, 5.74) is 9.40. The number of hydrogen-bond donors (Lipinski definition) is 1. The van der Waals surface area contributed by atoms with Crippen molar-refractivity contribution in [1.29, 1.82) is 0 Å². The maximum absolute atomic E-state index is 11.4. The van der Waals surface area contributed by atoms with Gasteiger partial charge in [-0.15, -0.1) is 0 Å². The van der Waals surface area contributed by atoms with Crippen LogP contribution in [-0.2, 0) is 0 Å². The number of hydrogen-bond acceptors (Lipinski definition) is 3. The van der Waals surface area contributed by atoms with Gasteiger partial charge in [0.25, 0.3) is 0 Å². The zero-order chi connectivity index (χ0) is 25.0. The molecule has 1 aliphatic carbocycles. The Labute approximate surface area is 197 Å². The van der Waals surface area contributed by atoms with E-state index in [-0.39, 0.29) is 11.5 Å². The van der Waals surface area contributed by atoms with E-state index in [1.54, 1.807) is 12.1 Å². The highest BCUT2D eigenvalue weighted by Crippen LogP contribution is 2.54. The number of nitrogens with zero attached hydrogens (tertiary/aromatic N) is 2. The second kappa shape index (κ2) is 8.55. The molecule has 2 aliphatic heterocycles. The van der Waals surface area contributed by atoms with Gasteiger partial charge in [-0.2, -0.15) is 0 Å². The van der Waals surface area contributed by atoms with Crippen molar-refractivity contribution < 1.29 is 8.91 Å². The molecule has 32 heavy (non-hydrogen) atoms. The molecular formula is C28H37N3O. The number of piperidine rings is 1. The van der Waals surface area contributed by atoms with Crippen LogP contribution in [0, 0.1) is 5.41 Å². The van der Waals surface area contributed by atoms with E-state index in [1.807, 2.05) is 35.2 Å². The van der Waals surface area contributed by atoms with Crippen LogP contribution in [0.1, 0.15) is 89.9 Å². The summed E-state index contributed by atoms with van der Waals surface area (Å²) < 4.78 is 27.2. The molecule has 4 nitrogen and oxygen atoms in total. The third kappa shape index (κ3) is 3.94. The highest BCUT2D eigenvalue weighted by molar-refractivity contribution is 5.93. The van der Waals surface area contributed by atoms with Crippen molar-refractivity contribution in [1.82, 2.24) is 4.90 Å². The van der Waals surface area contributed by atoms with Gasteiger partial charge in [0.2, 0.25) is 5.91 Å². The van der Waals surface area contributed by atoms with E-state index < -0.39 is 18.4 Å². The number of likely N-dealkylation sites (tertiary alicyclic amines) is 1. The second-order valence-corrected chi connectivity index (χ2v) is 10.2. The van der Waals surface area contributed by atoms with Crippen molar-refractivity contribution >= 4 is 11.6 Å². The molecule has 1 atom stereocenters. The fraction of sp³-hybridized carbons (Fsp3) is 0.536. The Morgan fingerprint density at radius 1 is 1.12 bits per heavy atom. The molecule has 5 rings (SSSR count). The summed E-state index contributed by atoms with van der Waals surface area (Å²) in [6.45, 7) is 4.77. The van der Waals surface area contributed by atoms with Crippen molar-refractivity contribution in [2.45, 2.75) is 70.4 Å². The first kappa shape index (κ1) is 18.1. The van der Waals surface area contributed by atoms with Crippen LogP contribution in [0.2, 0.25) is 0 Å². The molecule has 3 fully saturated rings. The highest BCUT2D eigenvalue weighted by atomic mass is 16.1. The molecule has 2 heterocycles. The van der Waals surface area contributed by atoms with E-state index >= 15 is 0 Å². The third-order valence-corrected chi connectivity index (χ3v) is 7.87. The van der Waals surface area contributed by atoms with Gasteiger partial charge >= 0.3 is 0 Å². The first-order valence-electron chi connectivity index (χ1n) is 13.6. The van der Waals surface area contributed by atoms with Crippen LogP contribution in [0.3, 0.4) is 0 Å². The van der Waals surface area contributed by atoms with Crippen molar-refractivity contribution in [3.8, 4) is 0 Å². The van der Waals surface area contributed by atoms with E-state index in [1.165, 1.54) is 0 Å². The first-order valence-corrected chi connectivity index (χ1v) is 12.1. The van der Waals surface area contributed by atoms with E-state index in [9.17, 15) is 6.17 Å². The molecule has 3 aliphatic rings. The highest BCUT2D eigenvalue weighted by Gasteiger charge is 2.49. The molecule has 1 amide bonds. The fourth-order valence-corrected chi connectivity index (χ4v) is 5.99. The van der Waals surface area contributed by atoms with Crippen LogP contribution in [0.25, 0.3) is 0 Å². The average molecular weight is 435 g/mol. The summed E-state index contributed by atoms with van der Waals surface area (Å²) in [5, 5.41) is 0. The predicted molar refractivity (Wildman–Crippen MR) is 131 cm³/mol. The number of anilines is 1. The molecule has 1 unspecified atom stereocenters. The van der Waals surface area contributed by atoms with Gasteiger partial charge in [-0.1, -0.05) is 38.1 Å². The number of nitrogens with two attached hydrogens (primary N) is 1. The molecule has 1 spiro atoms. The number of benzene rings is 2. The van der Waals surface area contributed by atoms with Crippen LogP contribution in [0.5, 0.6) is 0 Å². The maximum atomic E-state index is 11.4. The van der Waals surface area contributed by atoms with Gasteiger partial charge in [-0.05, 0) is 91.7 Å². The van der Waals surface area contributed by atoms with E-state index in [4.69, 9.17) is 8.48 Å². The smallest absolute Gasteiger partial charge is 0.248 e. The number of primary amides is 1. The molecule has 0 bridgehead atoms.